The second-order valence-corrected chi connectivity index (χ2v) is 6.04. The number of benzene rings is 1. The molecular formula is C15H22ClN3O. The minimum Gasteiger partial charge on any atom is -0.381 e. The molecule has 4 nitrogen and oxygen atoms in total. The van der Waals surface area contributed by atoms with Crippen molar-refractivity contribution in [1.82, 2.24) is 4.90 Å². The molecule has 1 aliphatic heterocycles. The van der Waals surface area contributed by atoms with Crippen LogP contribution >= 0.6 is 11.6 Å². The zero-order chi connectivity index (χ0) is 14.7. The van der Waals surface area contributed by atoms with Crippen LogP contribution in [-0.2, 0) is 0 Å². The Morgan fingerprint density at radius 2 is 2.10 bits per heavy atom. The average molecular weight is 296 g/mol. The van der Waals surface area contributed by atoms with E-state index in [9.17, 15) is 4.79 Å². The van der Waals surface area contributed by atoms with Crippen molar-refractivity contribution in [2.24, 2.45) is 11.7 Å². The summed E-state index contributed by atoms with van der Waals surface area (Å²) < 4.78 is 0. The van der Waals surface area contributed by atoms with Crippen LogP contribution in [0.3, 0.4) is 0 Å². The molecule has 0 radical (unpaired) electrons. The first-order chi connectivity index (χ1) is 9.47. The van der Waals surface area contributed by atoms with Crippen LogP contribution < -0.4 is 11.1 Å². The zero-order valence-electron chi connectivity index (χ0n) is 12.0. The molecule has 20 heavy (non-hydrogen) atoms. The number of likely N-dealkylation sites (tertiary alicyclic amines) is 1. The van der Waals surface area contributed by atoms with E-state index in [1.165, 1.54) is 12.8 Å². The van der Waals surface area contributed by atoms with Crippen LogP contribution in [0.5, 0.6) is 0 Å². The van der Waals surface area contributed by atoms with E-state index in [0.717, 1.165) is 18.8 Å². The number of nitrogens with zero attached hydrogens (tertiary/aromatic N) is 1. The quantitative estimate of drug-likeness (QED) is 0.897. The lowest BCUT2D eigenvalue weighted by molar-refractivity contribution is 0.100. The highest BCUT2D eigenvalue weighted by Crippen LogP contribution is 2.27. The first-order valence-electron chi connectivity index (χ1n) is 7.02. The molecule has 1 saturated heterocycles. The number of halogens is 1. The summed E-state index contributed by atoms with van der Waals surface area (Å²) in [4.78, 5) is 13.6. The summed E-state index contributed by atoms with van der Waals surface area (Å²) in [5.74, 6) is 0.191. The fourth-order valence-corrected chi connectivity index (χ4v) is 2.85. The molecule has 0 bridgehead atoms. The Labute approximate surface area is 125 Å². The largest absolute Gasteiger partial charge is 0.381 e. The number of nitrogens with two attached hydrogens (primary N) is 1. The first-order valence-corrected chi connectivity index (χ1v) is 7.39. The third kappa shape index (κ3) is 3.64. The fraction of sp³-hybridized carbons (Fsp3) is 0.533. The molecule has 0 saturated carbocycles. The number of hydrogen-bond acceptors (Lipinski definition) is 3. The summed E-state index contributed by atoms with van der Waals surface area (Å²) in [7, 11) is 2.15. The summed E-state index contributed by atoms with van der Waals surface area (Å²) in [5, 5.41) is 4.05. The number of anilines is 1. The number of amides is 1. The Bertz CT molecular complexity index is 484. The predicted octanol–water partition coefficient (Wildman–Crippen LogP) is 2.58. The Morgan fingerprint density at radius 1 is 1.45 bits per heavy atom. The van der Waals surface area contributed by atoms with Crippen LogP contribution in [0.1, 0.15) is 30.1 Å². The lowest BCUT2D eigenvalue weighted by Crippen LogP contribution is -2.37. The minimum atomic E-state index is -0.434. The number of carbonyl (C=O) groups excluding carboxylic acids is 1. The van der Waals surface area contributed by atoms with E-state index in [4.69, 9.17) is 17.3 Å². The fourth-order valence-electron chi connectivity index (χ4n) is 2.68. The van der Waals surface area contributed by atoms with Crippen molar-refractivity contribution in [2.75, 3.05) is 25.5 Å². The van der Waals surface area contributed by atoms with Gasteiger partial charge in [-0.15, -0.1) is 0 Å². The summed E-state index contributed by atoms with van der Waals surface area (Å²) in [6, 6.07) is 5.42. The molecule has 1 unspecified atom stereocenters. The van der Waals surface area contributed by atoms with Gasteiger partial charge >= 0.3 is 0 Å². The van der Waals surface area contributed by atoms with Gasteiger partial charge in [0.15, 0.2) is 0 Å². The topological polar surface area (TPSA) is 58.4 Å². The third-order valence-electron chi connectivity index (χ3n) is 4.10. The average Bonchev–Trinajstić information content (AvgIpc) is 2.41. The van der Waals surface area contributed by atoms with Crippen LogP contribution in [-0.4, -0.2) is 37.0 Å². The highest BCUT2D eigenvalue weighted by atomic mass is 35.5. The second-order valence-electron chi connectivity index (χ2n) is 5.63. The monoisotopic (exact) mass is 295 g/mol. The van der Waals surface area contributed by atoms with Crippen molar-refractivity contribution in [3.8, 4) is 0 Å². The second kappa shape index (κ2) is 6.46. The maximum Gasteiger partial charge on any atom is 0.248 e. The molecule has 1 heterocycles. The van der Waals surface area contributed by atoms with Crippen molar-refractivity contribution in [3.05, 3.63) is 28.8 Å². The van der Waals surface area contributed by atoms with E-state index in [1.807, 2.05) is 0 Å². The van der Waals surface area contributed by atoms with Gasteiger partial charge in [-0.25, -0.2) is 0 Å². The van der Waals surface area contributed by atoms with Gasteiger partial charge < -0.3 is 16.0 Å². The number of nitrogens with one attached hydrogen (secondary N) is 1. The van der Waals surface area contributed by atoms with Crippen molar-refractivity contribution in [1.29, 1.82) is 0 Å². The maximum absolute atomic E-state index is 11.2. The van der Waals surface area contributed by atoms with Gasteiger partial charge in [0.1, 0.15) is 0 Å². The molecular weight excluding hydrogens is 274 g/mol. The Morgan fingerprint density at radius 3 is 2.70 bits per heavy atom. The molecule has 1 aromatic rings. The zero-order valence-corrected chi connectivity index (χ0v) is 12.8. The highest BCUT2D eigenvalue weighted by Gasteiger charge is 2.22. The van der Waals surface area contributed by atoms with E-state index in [2.05, 4.69) is 24.2 Å². The van der Waals surface area contributed by atoms with Gasteiger partial charge in [0.2, 0.25) is 5.91 Å². The molecule has 110 valence electrons. The molecule has 0 aliphatic carbocycles. The van der Waals surface area contributed by atoms with E-state index >= 15 is 0 Å². The summed E-state index contributed by atoms with van der Waals surface area (Å²) >= 11 is 6.18. The molecule has 1 amide bonds. The Hall–Kier alpha value is -1.26. The van der Waals surface area contributed by atoms with Gasteiger partial charge in [0.25, 0.3) is 0 Å². The smallest absolute Gasteiger partial charge is 0.248 e. The van der Waals surface area contributed by atoms with Crippen LogP contribution in [0, 0.1) is 5.92 Å². The summed E-state index contributed by atoms with van der Waals surface area (Å²) in [6.07, 6.45) is 2.36. The summed E-state index contributed by atoms with van der Waals surface area (Å²) in [6.45, 7) is 4.43. The third-order valence-corrected chi connectivity index (χ3v) is 4.43. The highest BCUT2D eigenvalue weighted by molar-refractivity contribution is 6.33. The molecule has 1 aromatic carbocycles. The van der Waals surface area contributed by atoms with Gasteiger partial charge in [0, 0.05) is 11.6 Å². The molecule has 1 aliphatic rings. The van der Waals surface area contributed by atoms with Crippen molar-refractivity contribution in [3.63, 3.8) is 0 Å². The molecule has 5 heteroatoms. The standard InChI is InChI=1S/C15H22ClN3O/c1-10(11-5-7-19(2)8-6-11)18-14-9-12(15(17)20)3-4-13(14)16/h3-4,9-11,18H,5-8H2,1-2H3,(H2,17,20). The lowest BCUT2D eigenvalue weighted by Gasteiger charge is -2.33. The number of hydrogen-bond donors (Lipinski definition) is 2. The van der Waals surface area contributed by atoms with Crippen molar-refractivity contribution >= 4 is 23.2 Å². The molecule has 1 fully saturated rings. The van der Waals surface area contributed by atoms with E-state index in [1.54, 1.807) is 18.2 Å². The number of piperidine rings is 1. The van der Waals surface area contributed by atoms with Crippen molar-refractivity contribution < 1.29 is 4.79 Å². The number of carbonyl (C=O) groups is 1. The lowest BCUT2D eigenvalue weighted by atomic mass is 9.90. The van der Waals surface area contributed by atoms with Gasteiger partial charge in [-0.3, -0.25) is 4.79 Å². The van der Waals surface area contributed by atoms with Crippen LogP contribution in [0.15, 0.2) is 18.2 Å². The van der Waals surface area contributed by atoms with Crippen molar-refractivity contribution in [2.45, 2.75) is 25.8 Å². The van der Waals surface area contributed by atoms with E-state index < -0.39 is 5.91 Å². The molecule has 3 N–H and O–H groups in total. The van der Waals surface area contributed by atoms with Crippen LogP contribution in [0.2, 0.25) is 5.02 Å². The van der Waals surface area contributed by atoms with E-state index in [-0.39, 0.29) is 0 Å². The normalized spacial score (nSPS) is 18.8. The predicted molar refractivity (Wildman–Crippen MR) is 83.3 cm³/mol. The maximum atomic E-state index is 11.2. The van der Waals surface area contributed by atoms with Crippen LogP contribution in [0.4, 0.5) is 5.69 Å². The Kier molecular flexibility index (Phi) is 4.89. The van der Waals surface area contributed by atoms with Gasteiger partial charge in [-0.2, -0.15) is 0 Å². The number of primary amides is 1. The first kappa shape index (κ1) is 15.1. The molecule has 0 spiro atoms. The van der Waals surface area contributed by atoms with Gasteiger partial charge in [0.05, 0.1) is 10.7 Å². The number of rotatable bonds is 4. The van der Waals surface area contributed by atoms with Gasteiger partial charge in [-0.1, -0.05) is 11.6 Å². The van der Waals surface area contributed by atoms with E-state index in [0.29, 0.717) is 22.5 Å². The molecule has 1 atom stereocenters. The minimum absolute atomic E-state index is 0.323. The Balaban J connectivity index is 2.05. The summed E-state index contributed by atoms with van der Waals surface area (Å²) in [5.41, 5.74) is 6.57. The van der Waals surface area contributed by atoms with Crippen LogP contribution in [0.25, 0.3) is 0 Å². The molecule has 0 aromatic heterocycles. The SMILES string of the molecule is CC(Nc1cc(C(N)=O)ccc1Cl)C1CCN(C)CC1. The van der Waals surface area contributed by atoms with Gasteiger partial charge in [-0.05, 0) is 64.0 Å². The molecule has 2 rings (SSSR count).